The molecule has 0 aliphatic heterocycles. The van der Waals surface area contributed by atoms with Gasteiger partial charge < -0.3 is 9.64 Å². The lowest BCUT2D eigenvalue weighted by Crippen LogP contribution is -2.38. The highest BCUT2D eigenvalue weighted by atomic mass is 32.2. The Kier molecular flexibility index (Phi) is 5.58. The lowest BCUT2D eigenvalue weighted by atomic mass is 10.2. The molecule has 24 heavy (non-hydrogen) atoms. The summed E-state index contributed by atoms with van der Waals surface area (Å²) >= 11 is 0. The summed E-state index contributed by atoms with van der Waals surface area (Å²) in [5.74, 6) is 0.254. The highest BCUT2D eigenvalue weighted by Crippen LogP contribution is 2.21. The Morgan fingerprint density at radius 1 is 1.17 bits per heavy atom. The molecule has 0 aliphatic carbocycles. The summed E-state index contributed by atoms with van der Waals surface area (Å²) in [5, 5.41) is 0. The van der Waals surface area contributed by atoms with Crippen LogP contribution in [0.4, 0.5) is 5.69 Å². The van der Waals surface area contributed by atoms with Gasteiger partial charge in [0.2, 0.25) is 15.9 Å². The van der Waals surface area contributed by atoms with E-state index in [1.54, 1.807) is 32.2 Å². The second-order valence-electron chi connectivity index (χ2n) is 5.24. The van der Waals surface area contributed by atoms with Crippen LogP contribution in [0.1, 0.15) is 5.56 Å². The zero-order chi connectivity index (χ0) is 17.7. The molecule has 0 fully saturated rings. The number of nitrogens with one attached hydrogen (secondary N) is 1. The first kappa shape index (κ1) is 18.0. The van der Waals surface area contributed by atoms with Crippen molar-refractivity contribution in [2.24, 2.45) is 0 Å². The van der Waals surface area contributed by atoms with Crippen LogP contribution < -0.4 is 14.4 Å². The number of carbonyl (C=O) groups is 1. The predicted octanol–water partition coefficient (Wildman–Crippen LogP) is 1.94. The number of amides is 1. The maximum atomic E-state index is 12.3. The van der Waals surface area contributed by atoms with Gasteiger partial charge in [0.05, 0.1) is 18.6 Å². The zero-order valence-electron chi connectivity index (χ0n) is 13.8. The number of nitrogens with zero attached hydrogens (tertiary/aromatic N) is 1. The van der Waals surface area contributed by atoms with Crippen molar-refractivity contribution in [2.75, 3.05) is 25.6 Å². The molecule has 0 bridgehead atoms. The molecule has 0 spiro atoms. The van der Waals surface area contributed by atoms with Crippen molar-refractivity contribution < 1.29 is 17.9 Å². The summed E-state index contributed by atoms with van der Waals surface area (Å²) in [6, 6.07) is 13.6. The Bertz CT molecular complexity index is 820. The molecule has 0 unspecified atom stereocenters. The molecule has 1 amide bonds. The van der Waals surface area contributed by atoms with Gasteiger partial charge in [-0.3, -0.25) is 4.79 Å². The van der Waals surface area contributed by atoms with Gasteiger partial charge in [-0.1, -0.05) is 18.2 Å². The van der Waals surface area contributed by atoms with Crippen LogP contribution in [0.5, 0.6) is 5.75 Å². The minimum absolute atomic E-state index is 0.0935. The number of ether oxygens (including phenoxy) is 1. The molecule has 0 atom stereocenters. The second-order valence-corrected chi connectivity index (χ2v) is 7.01. The van der Waals surface area contributed by atoms with Crippen molar-refractivity contribution in [1.29, 1.82) is 0 Å². The summed E-state index contributed by atoms with van der Waals surface area (Å²) in [5.41, 5.74) is 1.40. The van der Waals surface area contributed by atoms with Gasteiger partial charge in [0.1, 0.15) is 5.75 Å². The van der Waals surface area contributed by atoms with E-state index in [-0.39, 0.29) is 17.3 Å². The monoisotopic (exact) mass is 348 g/mol. The molecule has 0 aromatic heterocycles. The van der Waals surface area contributed by atoms with Gasteiger partial charge in [-0.2, -0.15) is 0 Å². The summed E-state index contributed by atoms with van der Waals surface area (Å²) in [6.45, 7) is 1.44. The minimum atomic E-state index is -3.77. The van der Waals surface area contributed by atoms with Crippen LogP contribution in [-0.2, 0) is 14.8 Å². The number of rotatable bonds is 6. The fraction of sp³-hybridized carbons (Fsp3) is 0.235. The lowest BCUT2D eigenvalue weighted by Gasteiger charge is -2.17. The van der Waals surface area contributed by atoms with Gasteiger partial charge in [-0.15, -0.1) is 0 Å². The third kappa shape index (κ3) is 4.12. The average molecular weight is 348 g/mol. The molecule has 128 valence electrons. The molecule has 2 rings (SSSR count). The average Bonchev–Trinajstić information content (AvgIpc) is 2.59. The Labute approximate surface area is 142 Å². The SMILES string of the molecule is COc1ccc(S(=O)(=O)NCC(=O)N(C)c2ccccc2)cc1C. The molecule has 7 heteroatoms. The number of hydrogen-bond donors (Lipinski definition) is 1. The molecule has 2 aromatic rings. The van der Waals surface area contributed by atoms with Crippen molar-refractivity contribution in [3.05, 3.63) is 54.1 Å². The molecule has 6 nitrogen and oxygen atoms in total. The van der Waals surface area contributed by atoms with E-state index in [9.17, 15) is 13.2 Å². The van der Waals surface area contributed by atoms with E-state index in [4.69, 9.17) is 4.74 Å². The molecule has 0 saturated heterocycles. The van der Waals surface area contributed by atoms with Crippen LogP contribution in [0.15, 0.2) is 53.4 Å². The minimum Gasteiger partial charge on any atom is -0.496 e. The second kappa shape index (κ2) is 7.46. The molecule has 0 heterocycles. The number of sulfonamides is 1. The fourth-order valence-electron chi connectivity index (χ4n) is 2.17. The van der Waals surface area contributed by atoms with Gasteiger partial charge in [-0.05, 0) is 42.8 Å². The summed E-state index contributed by atoms with van der Waals surface area (Å²) in [4.78, 5) is 13.7. The molecule has 1 N–H and O–H groups in total. The smallest absolute Gasteiger partial charge is 0.241 e. The van der Waals surface area contributed by atoms with E-state index in [0.29, 0.717) is 17.0 Å². The molecule has 0 radical (unpaired) electrons. The van der Waals surface area contributed by atoms with E-state index in [1.807, 2.05) is 18.2 Å². The summed E-state index contributed by atoms with van der Waals surface area (Å²) in [7, 11) is -0.650. The highest BCUT2D eigenvalue weighted by molar-refractivity contribution is 7.89. The number of hydrogen-bond acceptors (Lipinski definition) is 4. The van der Waals surface area contributed by atoms with Crippen LogP contribution in [0.25, 0.3) is 0 Å². The molecular weight excluding hydrogens is 328 g/mol. The van der Waals surface area contributed by atoms with Crippen LogP contribution in [-0.4, -0.2) is 35.0 Å². The Morgan fingerprint density at radius 3 is 2.42 bits per heavy atom. The highest BCUT2D eigenvalue weighted by Gasteiger charge is 2.18. The van der Waals surface area contributed by atoms with E-state index in [0.717, 1.165) is 0 Å². The number of aryl methyl sites for hydroxylation is 1. The number of para-hydroxylation sites is 1. The number of carbonyl (C=O) groups excluding carboxylic acids is 1. The van der Waals surface area contributed by atoms with Crippen molar-refractivity contribution in [3.8, 4) is 5.75 Å². The predicted molar refractivity (Wildman–Crippen MR) is 92.8 cm³/mol. The van der Waals surface area contributed by atoms with Crippen molar-refractivity contribution in [2.45, 2.75) is 11.8 Å². The molecular formula is C17H20N2O4S. The van der Waals surface area contributed by atoms with Crippen LogP contribution in [0, 0.1) is 6.92 Å². The third-order valence-electron chi connectivity index (χ3n) is 3.61. The molecule has 0 saturated carbocycles. The Morgan fingerprint density at radius 2 is 1.83 bits per heavy atom. The van der Waals surface area contributed by atoms with Gasteiger partial charge in [0, 0.05) is 12.7 Å². The van der Waals surface area contributed by atoms with E-state index in [1.165, 1.54) is 24.1 Å². The summed E-state index contributed by atoms with van der Waals surface area (Å²) < 4.78 is 32.1. The fourth-order valence-corrected chi connectivity index (χ4v) is 3.23. The number of benzene rings is 2. The van der Waals surface area contributed by atoms with Crippen molar-refractivity contribution >= 4 is 21.6 Å². The van der Waals surface area contributed by atoms with E-state index < -0.39 is 10.0 Å². The molecule has 0 aliphatic rings. The maximum absolute atomic E-state index is 12.3. The van der Waals surface area contributed by atoms with E-state index >= 15 is 0 Å². The quantitative estimate of drug-likeness (QED) is 0.866. The van der Waals surface area contributed by atoms with Crippen molar-refractivity contribution in [1.82, 2.24) is 4.72 Å². The van der Waals surface area contributed by atoms with Crippen LogP contribution >= 0.6 is 0 Å². The largest absolute Gasteiger partial charge is 0.496 e. The van der Waals surface area contributed by atoms with Gasteiger partial charge in [0.25, 0.3) is 0 Å². The topological polar surface area (TPSA) is 75.7 Å². The van der Waals surface area contributed by atoms with Gasteiger partial charge in [0.15, 0.2) is 0 Å². The van der Waals surface area contributed by atoms with Crippen molar-refractivity contribution in [3.63, 3.8) is 0 Å². The maximum Gasteiger partial charge on any atom is 0.241 e. The summed E-state index contributed by atoms with van der Waals surface area (Å²) in [6.07, 6.45) is 0. The normalized spacial score (nSPS) is 11.1. The molecule has 2 aromatic carbocycles. The number of anilines is 1. The Balaban J connectivity index is 2.07. The third-order valence-corrected chi connectivity index (χ3v) is 5.01. The van der Waals surface area contributed by atoms with Gasteiger partial charge >= 0.3 is 0 Å². The van der Waals surface area contributed by atoms with E-state index in [2.05, 4.69) is 4.72 Å². The van der Waals surface area contributed by atoms with Gasteiger partial charge in [-0.25, -0.2) is 13.1 Å². The first-order valence-corrected chi connectivity index (χ1v) is 8.79. The first-order valence-electron chi connectivity index (χ1n) is 7.31. The van der Waals surface area contributed by atoms with Crippen LogP contribution in [0.3, 0.4) is 0 Å². The number of likely N-dealkylation sites (N-methyl/N-ethyl adjacent to an activating group) is 1. The van der Waals surface area contributed by atoms with Crippen LogP contribution in [0.2, 0.25) is 0 Å². The Hall–Kier alpha value is -2.38. The number of methoxy groups -OCH3 is 1. The lowest BCUT2D eigenvalue weighted by molar-refractivity contribution is -0.117. The standard InChI is InChI=1S/C17H20N2O4S/c1-13-11-15(9-10-16(13)23-3)24(21,22)18-12-17(20)19(2)14-7-5-4-6-8-14/h4-11,18H,12H2,1-3H3. The zero-order valence-corrected chi connectivity index (χ0v) is 14.6. The first-order chi connectivity index (χ1) is 11.3.